The number of nitrogens with one attached hydrogen (secondary N) is 1. The first-order chi connectivity index (χ1) is 7.85. The van der Waals surface area contributed by atoms with E-state index in [1.807, 2.05) is 13.8 Å². The summed E-state index contributed by atoms with van der Waals surface area (Å²) < 4.78 is 0. The van der Waals surface area contributed by atoms with Crippen LogP contribution in [0.5, 0.6) is 0 Å². The Morgan fingerprint density at radius 3 is 2.71 bits per heavy atom. The molecule has 0 aromatic carbocycles. The van der Waals surface area contributed by atoms with Gasteiger partial charge in [0, 0.05) is 5.54 Å². The molecule has 0 unspecified atom stereocenters. The van der Waals surface area contributed by atoms with Gasteiger partial charge in [-0.1, -0.05) is 24.9 Å². The number of aromatic nitrogens is 1. The minimum absolute atomic E-state index is 0.120. The maximum atomic E-state index is 10.9. The summed E-state index contributed by atoms with van der Waals surface area (Å²) in [7, 11) is 0. The maximum Gasteiger partial charge on any atom is 0.356 e. The van der Waals surface area contributed by atoms with Crippen LogP contribution in [0.2, 0.25) is 5.02 Å². The number of carboxylic acid groups (broad SMARTS) is 1. The molecule has 0 radical (unpaired) electrons. The van der Waals surface area contributed by atoms with Crippen molar-refractivity contribution in [2.75, 3.05) is 5.32 Å². The number of pyridine rings is 1. The average molecular weight is 257 g/mol. The Labute approximate surface area is 106 Å². The summed E-state index contributed by atoms with van der Waals surface area (Å²) in [5.74, 6) is -0.586. The molecule has 1 heterocycles. The second-order valence-electron chi connectivity index (χ2n) is 4.59. The van der Waals surface area contributed by atoms with Crippen LogP contribution in [-0.4, -0.2) is 21.6 Å². The maximum absolute atomic E-state index is 10.9. The largest absolute Gasteiger partial charge is 0.476 e. The number of hydrogen-bond donors (Lipinski definition) is 2. The third kappa shape index (κ3) is 3.89. The third-order valence-corrected chi connectivity index (χ3v) is 2.70. The van der Waals surface area contributed by atoms with Gasteiger partial charge >= 0.3 is 5.97 Å². The summed E-state index contributed by atoms with van der Waals surface area (Å²) in [6, 6.07) is 3.23. The van der Waals surface area contributed by atoms with E-state index in [-0.39, 0.29) is 16.3 Å². The van der Waals surface area contributed by atoms with Crippen LogP contribution in [0, 0.1) is 0 Å². The number of rotatable bonds is 5. The fraction of sp³-hybridized carbons (Fsp3) is 0.500. The van der Waals surface area contributed by atoms with Crippen molar-refractivity contribution in [2.45, 2.75) is 39.2 Å². The quantitative estimate of drug-likeness (QED) is 0.847. The summed E-state index contributed by atoms with van der Waals surface area (Å²) >= 11 is 5.75. The van der Waals surface area contributed by atoms with E-state index in [4.69, 9.17) is 16.7 Å². The van der Waals surface area contributed by atoms with Crippen molar-refractivity contribution in [3.05, 3.63) is 22.8 Å². The molecule has 0 atom stereocenters. The molecule has 0 saturated heterocycles. The summed E-state index contributed by atoms with van der Waals surface area (Å²) in [4.78, 5) is 14.9. The van der Waals surface area contributed by atoms with E-state index in [9.17, 15) is 4.79 Å². The van der Waals surface area contributed by atoms with E-state index in [1.165, 1.54) is 0 Å². The Kier molecular flexibility index (Phi) is 4.34. The van der Waals surface area contributed by atoms with Crippen LogP contribution in [-0.2, 0) is 0 Å². The molecule has 0 saturated carbocycles. The first-order valence-corrected chi connectivity index (χ1v) is 5.91. The molecule has 17 heavy (non-hydrogen) atoms. The minimum atomic E-state index is -1.12. The highest BCUT2D eigenvalue weighted by Gasteiger charge is 2.18. The van der Waals surface area contributed by atoms with E-state index in [1.54, 1.807) is 12.1 Å². The van der Waals surface area contributed by atoms with Gasteiger partial charge in [-0.05, 0) is 32.4 Å². The van der Waals surface area contributed by atoms with Gasteiger partial charge in [0.15, 0.2) is 5.69 Å². The Balaban J connectivity index is 2.93. The van der Waals surface area contributed by atoms with Gasteiger partial charge in [0.2, 0.25) is 0 Å². The number of hydrogen-bond acceptors (Lipinski definition) is 3. The molecule has 1 aromatic rings. The van der Waals surface area contributed by atoms with E-state index < -0.39 is 5.97 Å². The number of carbonyl (C=O) groups is 1. The number of carboxylic acids is 1. The molecule has 0 spiro atoms. The molecular weight excluding hydrogens is 240 g/mol. The number of aromatic carboxylic acids is 1. The average Bonchev–Trinajstić information content (AvgIpc) is 2.20. The first kappa shape index (κ1) is 13.8. The molecule has 0 amide bonds. The molecule has 1 aromatic heterocycles. The predicted molar refractivity (Wildman–Crippen MR) is 68.8 cm³/mol. The summed E-state index contributed by atoms with van der Waals surface area (Å²) in [5.41, 5.74) is -0.241. The second-order valence-corrected chi connectivity index (χ2v) is 5.00. The van der Waals surface area contributed by atoms with Gasteiger partial charge in [0.05, 0.1) is 5.02 Å². The van der Waals surface area contributed by atoms with Crippen LogP contribution >= 0.6 is 11.6 Å². The van der Waals surface area contributed by atoms with Gasteiger partial charge < -0.3 is 10.4 Å². The smallest absolute Gasteiger partial charge is 0.356 e. The van der Waals surface area contributed by atoms with Gasteiger partial charge in [-0.15, -0.1) is 0 Å². The molecule has 4 nitrogen and oxygen atoms in total. The van der Waals surface area contributed by atoms with Gasteiger partial charge in [0.1, 0.15) is 5.82 Å². The third-order valence-electron chi connectivity index (χ3n) is 2.39. The summed E-state index contributed by atoms with van der Waals surface area (Å²) in [5, 5.41) is 12.3. The standard InChI is InChI=1S/C12H17ClN2O2/c1-4-7-12(2,3)15-9-6-5-8(13)10(14-9)11(16)17/h5-6H,4,7H2,1-3H3,(H,14,15)(H,16,17). The van der Waals surface area contributed by atoms with Crippen molar-refractivity contribution < 1.29 is 9.90 Å². The zero-order chi connectivity index (χ0) is 13.1. The van der Waals surface area contributed by atoms with Crippen molar-refractivity contribution >= 4 is 23.4 Å². The van der Waals surface area contributed by atoms with Crippen LogP contribution in [0.3, 0.4) is 0 Å². The lowest BCUT2D eigenvalue weighted by Crippen LogP contribution is -2.31. The molecule has 0 aliphatic heterocycles. The lowest BCUT2D eigenvalue weighted by molar-refractivity contribution is 0.0691. The number of anilines is 1. The van der Waals surface area contributed by atoms with Crippen LogP contribution in [0.1, 0.15) is 44.1 Å². The fourth-order valence-electron chi connectivity index (χ4n) is 1.70. The van der Waals surface area contributed by atoms with Crippen molar-refractivity contribution in [3.63, 3.8) is 0 Å². The lowest BCUT2D eigenvalue weighted by atomic mass is 9.99. The zero-order valence-electron chi connectivity index (χ0n) is 10.2. The highest BCUT2D eigenvalue weighted by molar-refractivity contribution is 6.33. The molecule has 1 rings (SSSR count). The van der Waals surface area contributed by atoms with Crippen molar-refractivity contribution in [1.29, 1.82) is 0 Å². The highest BCUT2D eigenvalue weighted by Crippen LogP contribution is 2.21. The zero-order valence-corrected chi connectivity index (χ0v) is 11.0. The first-order valence-electron chi connectivity index (χ1n) is 5.54. The van der Waals surface area contributed by atoms with E-state index in [0.717, 1.165) is 12.8 Å². The Hall–Kier alpha value is -1.29. The summed E-state index contributed by atoms with van der Waals surface area (Å²) in [6.45, 7) is 6.20. The minimum Gasteiger partial charge on any atom is -0.476 e. The van der Waals surface area contributed by atoms with Crippen LogP contribution in [0.15, 0.2) is 12.1 Å². The van der Waals surface area contributed by atoms with Crippen LogP contribution in [0.4, 0.5) is 5.82 Å². The molecule has 0 aliphatic rings. The van der Waals surface area contributed by atoms with E-state index in [2.05, 4.69) is 17.2 Å². The molecule has 2 N–H and O–H groups in total. The van der Waals surface area contributed by atoms with E-state index >= 15 is 0 Å². The van der Waals surface area contributed by atoms with Crippen LogP contribution in [0.25, 0.3) is 0 Å². The van der Waals surface area contributed by atoms with Crippen LogP contribution < -0.4 is 5.32 Å². The monoisotopic (exact) mass is 256 g/mol. The SMILES string of the molecule is CCCC(C)(C)Nc1ccc(Cl)c(C(=O)O)n1. The molecule has 0 aliphatic carbocycles. The molecule has 94 valence electrons. The van der Waals surface area contributed by atoms with Crippen molar-refractivity contribution in [1.82, 2.24) is 4.98 Å². The Bertz CT molecular complexity index is 419. The molecule has 5 heteroatoms. The van der Waals surface area contributed by atoms with Gasteiger partial charge in [-0.3, -0.25) is 0 Å². The second kappa shape index (κ2) is 5.36. The fourth-order valence-corrected chi connectivity index (χ4v) is 1.88. The number of halogens is 1. The Morgan fingerprint density at radius 2 is 2.18 bits per heavy atom. The van der Waals surface area contributed by atoms with E-state index in [0.29, 0.717) is 5.82 Å². The van der Waals surface area contributed by atoms with Gasteiger partial charge in [0.25, 0.3) is 0 Å². The predicted octanol–water partition coefficient (Wildman–Crippen LogP) is 3.42. The van der Waals surface area contributed by atoms with Gasteiger partial charge in [-0.25, -0.2) is 9.78 Å². The molecular formula is C12H17ClN2O2. The molecule has 0 bridgehead atoms. The lowest BCUT2D eigenvalue weighted by Gasteiger charge is -2.26. The summed E-state index contributed by atoms with van der Waals surface area (Å²) in [6.07, 6.45) is 2.01. The molecule has 0 fully saturated rings. The number of nitrogens with zero attached hydrogens (tertiary/aromatic N) is 1. The van der Waals surface area contributed by atoms with Crippen molar-refractivity contribution in [3.8, 4) is 0 Å². The Morgan fingerprint density at radius 1 is 1.53 bits per heavy atom. The topological polar surface area (TPSA) is 62.2 Å². The van der Waals surface area contributed by atoms with Crippen molar-refractivity contribution in [2.24, 2.45) is 0 Å². The normalized spacial score (nSPS) is 11.3. The highest BCUT2D eigenvalue weighted by atomic mass is 35.5. The van der Waals surface area contributed by atoms with Gasteiger partial charge in [-0.2, -0.15) is 0 Å².